The fraction of sp³-hybridized carbons (Fsp3) is 0.545. The number of benzene rings is 1. The molecule has 0 fully saturated rings. The van der Waals surface area contributed by atoms with Crippen LogP contribution in [0.5, 0.6) is 0 Å². The van der Waals surface area contributed by atoms with Gasteiger partial charge < -0.3 is 0 Å². The lowest BCUT2D eigenvalue weighted by Gasteiger charge is -2.32. The monoisotopic (exact) mass is 296 g/mol. The van der Waals surface area contributed by atoms with Crippen molar-refractivity contribution in [2.75, 3.05) is 0 Å². The van der Waals surface area contributed by atoms with Crippen LogP contribution in [0.25, 0.3) is 5.57 Å². The van der Waals surface area contributed by atoms with Gasteiger partial charge in [-0.2, -0.15) is 0 Å². The van der Waals surface area contributed by atoms with Gasteiger partial charge in [-0.15, -0.1) is 0 Å². The molecule has 0 bridgehead atoms. The number of hydrogen-bond donors (Lipinski definition) is 0. The molecule has 2 rings (SSSR count). The van der Waals surface area contributed by atoms with Crippen molar-refractivity contribution in [2.45, 2.75) is 71.6 Å². The highest BCUT2D eigenvalue weighted by molar-refractivity contribution is 5.75. The molecule has 0 spiro atoms. The second kappa shape index (κ2) is 8.98. The van der Waals surface area contributed by atoms with Crippen LogP contribution in [-0.4, -0.2) is 0 Å². The molecule has 1 aliphatic carbocycles. The summed E-state index contributed by atoms with van der Waals surface area (Å²) in [5.41, 5.74) is 3.18. The van der Waals surface area contributed by atoms with E-state index in [0.29, 0.717) is 5.41 Å². The lowest BCUT2D eigenvalue weighted by molar-refractivity contribution is 0.307. The van der Waals surface area contributed by atoms with Crippen molar-refractivity contribution < 1.29 is 0 Å². The molecule has 0 aromatic heterocycles. The van der Waals surface area contributed by atoms with Gasteiger partial charge in [0.2, 0.25) is 0 Å². The third kappa shape index (κ3) is 4.87. The van der Waals surface area contributed by atoms with Crippen LogP contribution >= 0.6 is 0 Å². The molecule has 0 saturated carbocycles. The summed E-state index contributed by atoms with van der Waals surface area (Å²) in [5.74, 6) is 0. The zero-order valence-corrected chi connectivity index (χ0v) is 14.5. The summed E-state index contributed by atoms with van der Waals surface area (Å²) in [7, 11) is 0. The molecule has 0 N–H and O–H groups in total. The number of allylic oxidation sites excluding steroid dienone is 4. The Kier molecular flexibility index (Phi) is 6.96. The van der Waals surface area contributed by atoms with E-state index in [1.807, 2.05) is 0 Å². The van der Waals surface area contributed by atoms with Gasteiger partial charge in [0.1, 0.15) is 0 Å². The fourth-order valence-electron chi connectivity index (χ4n) is 3.63. The van der Waals surface area contributed by atoms with Gasteiger partial charge in [-0.3, -0.25) is 0 Å². The van der Waals surface area contributed by atoms with Crippen molar-refractivity contribution in [1.82, 2.24) is 0 Å². The van der Waals surface area contributed by atoms with E-state index < -0.39 is 0 Å². The van der Waals surface area contributed by atoms with Crippen molar-refractivity contribution in [2.24, 2.45) is 5.41 Å². The molecule has 1 aromatic carbocycles. The first-order valence-corrected chi connectivity index (χ1v) is 9.24. The van der Waals surface area contributed by atoms with E-state index in [2.05, 4.69) is 62.4 Å². The summed E-state index contributed by atoms with van der Waals surface area (Å²) in [6, 6.07) is 10.8. The fourth-order valence-corrected chi connectivity index (χ4v) is 3.63. The van der Waals surface area contributed by atoms with E-state index in [0.717, 1.165) is 0 Å². The van der Waals surface area contributed by atoms with Crippen molar-refractivity contribution in [3.05, 3.63) is 54.1 Å². The van der Waals surface area contributed by atoms with Gasteiger partial charge in [0.25, 0.3) is 0 Å². The standard InChI is InChI=1S/C22H32/c1-3-5-6-7-11-17-22(16-4-2)18-14-21(15-19-22)20-12-9-8-10-13-20/h8-10,12-15,18H,3-7,11,16-17,19H2,1-2H3. The van der Waals surface area contributed by atoms with E-state index in [4.69, 9.17) is 0 Å². The Bertz CT molecular complexity index is 480. The van der Waals surface area contributed by atoms with Crippen LogP contribution in [0.15, 0.2) is 48.6 Å². The quantitative estimate of drug-likeness (QED) is 0.423. The zero-order chi connectivity index (χ0) is 15.7. The Morgan fingerprint density at radius 2 is 1.64 bits per heavy atom. The van der Waals surface area contributed by atoms with Crippen LogP contribution in [-0.2, 0) is 0 Å². The average molecular weight is 296 g/mol. The Morgan fingerprint density at radius 1 is 0.864 bits per heavy atom. The van der Waals surface area contributed by atoms with Crippen LogP contribution in [0.1, 0.15) is 77.2 Å². The zero-order valence-electron chi connectivity index (χ0n) is 14.5. The van der Waals surface area contributed by atoms with Gasteiger partial charge in [0.05, 0.1) is 0 Å². The second-order valence-corrected chi connectivity index (χ2v) is 6.84. The van der Waals surface area contributed by atoms with Gasteiger partial charge in [-0.05, 0) is 35.8 Å². The maximum Gasteiger partial charge on any atom is -0.00802 e. The van der Waals surface area contributed by atoms with Crippen molar-refractivity contribution in [1.29, 1.82) is 0 Å². The topological polar surface area (TPSA) is 0 Å². The van der Waals surface area contributed by atoms with Crippen LogP contribution < -0.4 is 0 Å². The number of hydrogen-bond acceptors (Lipinski definition) is 0. The first-order chi connectivity index (χ1) is 10.8. The van der Waals surface area contributed by atoms with E-state index in [9.17, 15) is 0 Å². The number of unbranched alkanes of at least 4 members (excludes halogenated alkanes) is 4. The van der Waals surface area contributed by atoms with E-state index in [1.54, 1.807) is 0 Å². The van der Waals surface area contributed by atoms with Gasteiger partial charge >= 0.3 is 0 Å². The molecule has 0 nitrogen and oxygen atoms in total. The molecule has 1 unspecified atom stereocenters. The van der Waals surface area contributed by atoms with Crippen molar-refractivity contribution in [3.8, 4) is 0 Å². The molecule has 0 aliphatic heterocycles. The summed E-state index contributed by atoms with van der Waals surface area (Å²) in [6.07, 6.45) is 19.5. The van der Waals surface area contributed by atoms with Gasteiger partial charge in [-0.1, -0.05) is 101 Å². The molecule has 0 amide bonds. The van der Waals surface area contributed by atoms with E-state index in [-0.39, 0.29) is 0 Å². The highest BCUT2D eigenvalue weighted by Crippen LogP contribution is 2.41. The lowest BCUT2D eigenvalue weighted by atomic mass is 9.72. The third-order valence-electron chi connectivity index (χ3n) is 4.98. The molecule has 0 saturated heterocycles. The molecule has 1 atom stereocenters. The highest BCUT2D eigenvalue weighted by Gasteiger charge is 2.26. The van der Waals surface area contributed by atoms with Crippen molar-refractivity contribution >= 4 is 5.57 Å². The van der Waals surface area contributed by atoms with Crippen LogP contribution in [0.4, 0.5) is 0 Å². The molecule has 22 heavy (non-hydrogen) atoms. The Morgan fingerprint density at radius 3 is 2.27 bits per heavy atom. The Labute approximate surface area is 137 Å². The molecule has 120 valence electrons. The highest BCUT2D eigenvalue weighted by atomic mass is 14.3. The van der Waals surface area contributed by atoms with Crippen LogP contribution in [0, 0.1) is 5.41 Å². The second-order valence-electron chi connectivity index (χ2n) is 6.84. The molecule has 0 radical (unpaired) electrons. The molecule has 1 aliphatic rings. The summed E-state index contributed by atoms with van der Waals surface area (Å²) in [4.78, 5) is 0. The first kappa shape index (κ1) is 17.1. The minimum absolute atomic E-state index is 0.430. The van der Waals surface area contributed by atoms with Crippen LogP contribution in [0.2, 0.25) is 0 Å². The predicted molar refractivity (Wildman–Crippen MR) is 98.9 cm³/mol. The van der Waals surface area contributed by atoms with Crippen LogP contribution in [0.3, 0.4) is 0 Å². The van der Waals surface area contributed by atoms with E-state index in [1.165, 1.54) is 68.9 Å². The van der Waals surface area contributed by atoms with Crippen molar-refractivity contribution in [3.63, 3.8) is 0 Å². The third-order valence-corrected chi connectivity index (χ3v) is 4.98. The first-order valence-electron chi connectivity index (χ1n) is 9.24. The van der Waals surface area contributed by atoms with Gasteiger partial charge in [-0.25, -0.2) is 0 Å². The number of rotatable bonds is 9. The Balaban J connectivity index is 1.94. The van der Waals surface area contributed by atoms with Gasteiger partial charge in [0, 0.05) is 0 Å². The molecular formula is C22H32. The summed E-state index contributed by atoms with van der Waals surface area (Å²) in [5, 5.41) is 0. The lowest BCUT2D eigenvalue weighted by Crippen LogP contribution is -2.19. The molecule has 0 heterocycles. The Hall–Kier alpha value is -1.30. The molecule has 1 aromatic rings. The minimum Gasteiger partial charge on any atom is -0.0774 e. The van der Waals surface area contributed by atoms with E-state index >= 15 is 0 Å². The summed E-state index contributed by atoms with van der Waals surface area (Å²) in [6.45, 7) is 4.61. The SMILES string of the molecule is CCCCCCCC1(CCC)C=CC(c2ccccc2)=CC1. The maximum atomic E-state index is 2.53. The predicted octanol–water partition coefficient (Wildman–Crippen LogP) is 7.18. The van der Waals surface area contributed by atoms with Gasteiger partial charge in [0.15, 0.2) is 0 Å². The summed E-state index contributed by atoms with van der Waals surface area (Å²) >= 11 is 0. The minimum atomic E-state index is 0.430. The smallest absolute Gasteiger partial charge is 0.00802 e. The summed E-state index contributed by atoms with van der Waals surface area (Å²) < 4.78 is 0. The average Bonchev–Trinajstić information content (AvgIpc) is 2.56. The molecular weight excluding hydrogens is 264 g/mol. The largest absolute Gasteiger partial charge is 0.0774 e. The maximum absolute atomic E-state index is 2.53. The molecule has 0 heteroatoms. The normalized spacial score (nSPS) is 20.9.